The molecule has 1 atom stereocenters. The largest absolute Gasteiger partial charge is 0.312 e. The van der Waals surface area contributed by atoms with Gasteiger partial charge in [-0.1, -0.05) is 16.8 Å². The molecular formula is C12H14ClFN4. The number of hydrogen-bond donors (Lipinski definition) is 1. The highest BCUT2D eigenvalue weighted by Crippen LogP contribution is 2.24. The van der Waals surface area contributed by atoms with Crippen LogP contribution in [-0.2, 0) is 0 Å². The van der Waals surface area contributed by atoms with Gasteiger partial charge in [-0.05, 0) is 33.0 Å². The van der Waals surface area contributed by atoms with Gasteiger partial charge in [0.25, 0.3) is 0 Å². The number of rotatable bonds is 3. The van der Waals surface area contributed by atoms with Gasteiger partial charge in [0.1, 0.15) is 11.5 Å². The molecule has 0 fully saturated rings. The summed E-state index contributed by atoms with van der Waals surface area (Å²) in [4.78, 5) is 0. The van der Waals surface area contributed by atoms with E-state index < -0.39 is 0 Å². The molecule has 0 saturated carbocycles. The van der Waals surface area contributed by atoms with E-state index in [9.17, 15) is 4.39 Å². The molecule has 0 aliphatic rings. The normalized spacial score (nSPS) is 12.7. The molecule has 4 nitrogen and oxygen atoms in total. The lowest BCUT2D eigenvalue weighted by molar-refractivity contribution is 0.624. The molecule has 0 aliphatic heterocycles. The van der Waals surface area contributed by atoms with Crippen LogP contribution in [0.25, 0.3) is 5.69 Å². The second-order valence-corrected chi connectivity index (χ2v) is 4.49. The van der Waals surface area contributed by atoms with Gasteiger partial charge in [0.2, 0.25) is 0 Å². The van der Waals surface area contributed by atoms with Crippen LogP contribution in [0.3, 0.4) is 0 Å². The summed E-state index contributed by atoms with van der Waals surface area (Å²) < 4.78 is 14.8. The van der Waals surface area contributed by atoms with Gasteiger partial charge in [-0.3, -0.25) is 0 Å². The number of halogens is 2. The molecule has 0 bridgehead atoms. The summed E-state index contributed by atoms with van der Waals surface area (Å²) in [5, 5.41) is 11.7. The number of nitrogens with zero attached hydrogens (tertiary/aromatic N) is 3. The SMILES string of the molecule is CNC(C)c1nnn(-c2cc(F)ccc2Cl)c1C. The lowest BCUT2D eigenvalue weighted by Gasteiger charge is -2.09. The molecule has 0 radical (unpaired) electrons. The molecular weight excluding hydrogens is 255 g/mol. The molecule has 0 saturated heterocycles. The molecule has 6 heteroatoms. The van der Waals surface area contributed by atoms with E-state index >= 15 is 0 Å². The van der Waals surface area contributed by atoms with Crippen LogP contribution in [0.1, 0.15) is 24.4 Å². The van der Waals surface area contributed by atoms with Crippen LogP contribution in [0.2, 0.25) is 5.02 Å². The van der Waals surface area contributed by atoms with E-state index in [4.69, 9.17) is 11.6 Å². The topological polar surface area (TPSA) is 42.7 Å². The highest BCUT2D eigenvalue weighted by Gasteiger charge is 2.16. The predicted octanol–water partition coefficient (Wildman–Crippen LogP) is 2.65. The molecule has 1 aromatic heterocycles. The van der Waals surface area contributed by atoms with Crippen molar-refractivity contribution in [3.63, 3.8) is 0 Å². The van der Waals surface area contributed by atoms with E-state index in [1.165, 1.54) is 18.2 Å². The van der Waals surface area contributed by atoms with Gasteiger partial charge in [0.15, 0.2) is 0 Å². The van der Waals surface area contributed by atoms with Crippen LogP contribution in [0.5, 0.6) is 0 Å². The van der Waals surface area contributed by atoms with E-state index in [1.807, 2.05) is 20.9 Å². The van der Waals surface area contributed by atoms with E-state index in [0.717, 1.165) is 11.4 Å². The first kappa shape index (κ1) is 13.0. The molecule has 2 rings (SSSR count). The average molecular weight is 269 g/mol. The summed E-state index contributed by atoms with van der Waals surface area (Å²) in [6.45, 7) is 3.86. The zero-order valence-corrected chi connectivity index (χ0v) is 11.2. The quantitative estimate of drug-likeness (QED) is 0.931. The Morgan fingerprint density at radius 1 is 1.44 bits per heavy atom. The number of benzene rings is 1. The summed E-state index contributed by atoms with van der Waals surface area (Å²) in [5.74, 6) is -0.354. The van der Waals surface area contributed by atoms with Crippen molar-refractivity contribution in [3.05, 3.63) is 40.4 Å². The van der Waals surface area contributed by atoms with E-state index in [0.29, 0.717) is 10.7 Å². The molecule has 1 aromatic carbocycles. The first-order valence-corrected chi connectivity index (χ1v) is 5.97. The van der Waals surface area contributed by atoms with Crippen molar-refractivity contribution in [2.24, 2.45) is 0 Å². The molecule has 1 unspecified atom stereocenters. The van der Waals surface area contributed by atoms with Crippen molar-refractivity contribution in [1.82, 2.24) is 20.3 Å². The molecule has 96 valence electrons. The van der Waals surface area contributed by atoms with Gasteiger partial charge < -0.3 is 5.32 Å². The van der Waals surface area contributed by atoms with E-state index in [2.05, 4.69) is 15.6 Å². The zero-order chi connectivity index (χ0) is 13.3. The molecule has 0 aliphatic carbocycles. The Labute approximate surface area is 110 Å². The lowest BCUT2D eigenvalue weighted by Crippen LogP contribution is -2.14. The monoisotopic (exact) mass is 268 g/mol. The molecule has 0 amide bonds. The number of aromatic nitrogens is 3. The average Bonchev–Trinajstić information content (AvgIpc) is 2.73. The second kappa shape index (κ2) is 5.04. The third-order valence-electron chi connectivity index (χ3n) is 2.91. The zero-order valence-electron chi connectivity index (χ0n) is 10.4. The van der Waals surface area contributed by atoms with Crippen molar-refractivity contribution in [2.75, 3.05) is 7.05 Å². The van der Waals surface area contributed by atoms with Gasteiger partial charge in [-0.25, -0.2) is 9.07 Å². The standard InChI is InChI=1S/C12H14ClFN4/c1-7(15-3)12-8(2)18(17-16-12)11-6-9(14)4-5-10(11)13/h4-7,15H,1-3H3. The van der Waals surface area contributed by atoms with Gasteiger partial charge in [-0.2, -0.15) is 0 Å². The van der Waals surface area contributed by atoms with Crippen molar-refractivity contribution in [3.8, 4) is 5.69 Å². The number of hydrogen-bond acceptors (Lipinski definition) is 3. The summed E-state index contributed by atoms with van der Waals surface area (Å²) >= 11 is 6.05. The lowest BCUT2D eigenvalue weighted by atomic mass is 10.2. The summed E-state index contributed by atoms with van der Waals surface area (Å²) in [7, 11) is 1.85. The fraction of sp³-hybridized carbons (Fsp3) is 0.333. The Kier molecular flexibility index (Phi) is 3.63. The van der Waals surface area contributed by atoms with Crippen LogP contribution in [0.15, 0.2) is 18.2 Å². The van der Waals surface area contributed by atoms with Crippen LogP contribution >= 0.6 is 11.6 Å². The van der Waals surface area contributed by atoms with Crippen LogP contribution in [0.4, 0.5) is 4.39 Å². The second-order valence-electron chi connectivity index (χ2n) is 4.08. The van der Waals surface area contributed by atoms with Crippen molar-refractivity contribution in [2.45, 2.75) is 19.9 Å². The first-order valence-electron chi connectivity index (χ1n) is 5.59. The summed E-state index contributed by atoms with van der Waals surface area (Å²) in [5.41, 5.74) is 2.15. The highest BCUT2D eigenvalue weighted by atomic mass is 35.5. The maximum Gasteiger partial charge on any atom is 0.125 e. The van der Waals surface area contributed by atoms with E-state index in [-0.39, 0.29) is 11.9 Å². The van der Waals surface area contributed by atoms with Crippen LogP contribution in [-0.4, -0.2) is 22.0 Å². The Balaban J connectivity index is 2.52. The Morgan fingerprint density at radius 2 is 2.17 bits per heavy atom. The van der Waals surface area contributed by atoms with Crippen molar-refractivity contribution >= 4 is 11.6 Å². The predicted molar refractivity (Wildman–Crippen MR) is 68.5 cm³/mol. The third kappa shape index (κ3) is 2.23. The minimum atomic E-state index is -0.354. The van der Waals surface area contributed by atoms with Crippen LogP contribution in [0, 0.1) is 12.7 Å². The molecule has 1 N–H and O–H groups in total. The van der Waals surface area contributed by atoms with Gasteiger partial charge in [0.05, 0.1) is 22.4 Å². The maximum absolute atomic E-state index is 13.3. The van der Waals surface area contributed by atoms with Gasteiger partial charge >= 0.3 is 0 Å². The summed E-state index contributed by atoms with van der Waals surface area (Å²) in [6.07, 6.45) is 0. The van der Waals surface area contributed by atoms with Gasteiger partial charge in [-0.15, -0.1) is 5.10 Å². The Bertz CT molecular complexity index is 567. The van der Waals surface area contributed by atoms with Crippen molar-refractivity contribution < 1.29 is 4.39 Å². The number of nitrogens with one attached hydrogen (secondary N) is 1. The first-order chi connectivity index (χ1) is 8.54. The van der Waals surface area contributed by atoms with Gasteiger partial charge in [0, 0.05) is 6.07 Å². The van der Waals surface area contributed by atoms with E-state index in [1.54, 1.807) is 4.68 Å². The summed E-state index contributed by atoms with van der Waals surface area (Å²) in [6, 6.07) is 4.24. The molecule has 18 heavy (non-hydrogen) atoms. The third-order valence-corrected chi connectivity index (χ3v) is 3.23. The maximum atomic E-state index is 13.3. The molecule has 0 spiro atoms. The van der Waals surface area contributed by atoms with Crippen molar-refractivity contribution in [1.29, 1.82) is 0 Å². The van der Waals surface area contributed by atoms with Crippen LogP contribution < -0.4 is 5.32 Å². The molecule has 1 heterocycles. The Morgan fingerprint density at radius 3 is 2.83 bits per heavy atom. The Hall–Kier alpha value is -1.46. The minimum absolute atomic E-state index is 0.0751. The minimum Gasteiger partial charge on any atom is -0.312 e. The highest BCUT2D eigenvalue weighted by molar-refractivity contribution is 6.32. The smallest absolute Gasteiger partial charge is 0.125 e. The fourth-order valence-electron chi connectivity index (χ4n) is 1.75. The molecule has 2 aromatic rings. The fourth-order valence-corrected chi connectivity index (χ4v) is 1.95.